The number of nitrogens with one attached hydrogen (secondary N) is 1. The number of aryl methyl sites for hydroxylation is 1. The van der Waals surface area contributed by atoms with Crippen LogP contribution in [0.25, 0.3) is 0 Å². The summed E-state index contributed by atoms with van der Waals surface area (Å²) in [5, 5.41) is 7.87. The van der Waals surface area contributed by atoms with Gasteiger partial charge < -0.3 is 10.1 Å². The largest absolute Gasteiger partial charge is 0.380 e. The van der Waals surface area contributed by atoms with Crippen molar-refractivity contribution in [1.29, 1.82) is 0 Å². The Morgan fingerprint density at radius 1 is 1.31 bits per heavy atom. The number of rotatable bonds is 7. The first-order valence-electron chi connectivity index (χ1n) is 6.02. The SMILES string of the molecule is CCNCc1c(C)nn(CCOCC)c1C. The Balaban J connectivity index is 2.64. The van der Waals surface area contributed by atoms with E-state index in [1.54, 1.807) is 0 Å². The van der Waals surface area contributed by atoms with E-state index in [1.807, 2.05) is 11.6 Å². The number of nitrogens with zero attached hydrogens (tertiary/aromatic N) is 2. The maximum absolute atomic E-state index is 5.35. The maximum Gasteiger partial charge on any atom is 0.0662 e. The fraction of sp³-hybridized carbons (Fsp3) is 0.750. The molecule has 1 heterocycles. The second-order valence-corrected chi connectivity index (χ2v) is 3.85. The van der Waals surface area contributed by atoms with E-state index >= 15 is 0 Å². The van der Waals surface area contributed by atoms with Gasteiger partial charge in [0.25, 0.3) is 0 Å². The van der Waals surface area contributed by atoms with Crippen molar-refractivity contribution in [2.24, 2.45) is 0 Å². The van der Waals surface area contributed by atoms with Gasteiger partial charge in [0.05, 0.1) is 18.8 Å². The van der Waals surface area contributed by atoms with Crippen molar-refractivity contribution in [3.8, 4) is 0 Å². The van der Waals surface area contributed by atoms with Gasteiger partial charge in [-0.05, 0) is 27.3 Å². The molecule has 1 aromatic heterocycles. The Hall–Kier alpha value is -0.870. The molecule has 1 rings (SSSR count). The summed E-state index contributed by atoms with van der Waals surface area (Å²) in [6.07, 6.45) is 0. The predicted octanol–water partition coefficient (Wildman–Crippen LogP) is 1.65. The average Bonchev–Trinajstić information content (AvgIpc) is 2.53. The molecule has 0 aromatic carbocycles. The smallest absolute Gasteiger partial charge is 0.0662 e. The van der Waals surface area contributed by atoms with Gasteiger partial charge in [-0.1, -0.05) is 6.92 Å². The molecule has 0 aliphatic heterocycles. The molecule has 92 valence electrons. The molecular weight excluding hydrogens is 202 g/mol. The lowest BCUT2D eigenvalue weighted by molar-refractivity contribution is 0.135. The van der Waals surface area contributed by atoms with E-state index in [9.17, 15) is 0 Å². The van der Waals surface area contributed by atoms with E-state index in [4.69, 9.17) is 4.74 Å². The number of aromatic nitrogens is 2. The van der Waals surface area contributed by atoms with E-state index in [0.29, 0.717) is 0 Å². The van der Waals surface area contributed by atoms with Crippen LogP contribution in [-0.4, -0.2) is 29.5 Å². The van der Waals surface area contributed by atoms with E-state index in [1.165, 1.54) is 11.3 Å². The highest BCUT2D eigenvalue weighted by molar-refractivity contribution is 5.24. The van der Waals surface area contributed by atoms with Crippen molar-refractivity contribution in [3.05, 3.63) is 17.0 Å². The molecule has 0 unspecified atom stereocenters. The van der Waals surface area contributed by atoms with Crippen molar-refractivity contribution in [2.75, 3.05) is 19.8 Å². The van der Waals surface area contributed by atoms with Crippen LogP contribution in [0.15, 0.2) is 0 Å². The van der Waals surface area contributed by atoms with E-state index < -0.39 is 0 Å². The second-order valence-electron chi connectivity index (χ2n) is 3.85. The fourth-order valence-corrected chi connectivity index (χ4v) is 1.75. The highest BCUT2D eigenvalue weighted by Gasteiger charge is 2.10. The average molecular weight is 225 g/mol. The molecule has 1 N–H and O–H groups in total. The van der Waals surface area contributed by atoms with Crippen LogP contribution < -0.4 is 5.32 Å². The second kappa shape index (κ2) is 6.66. The summed E-state index contributed by atoms with van der Waals surface area (Å²) >= 11 is 0. The Morgan fingerprint density at radius 2 is 2.06 bits per heavy atom. The van der Waals surface area contributed by atoms with Crippen LogP contribution in [-0.2, 0) is 17.8 Å². The standard InChI is InChI=1S/C12H23N3O/c1-5-13-9-12-10(3)14-15(11(12)4)7-8-16-6-2/h13H,5-9H2,1-4H3. The maximum atomic E-state index is 5.35. The summed E-state index contributed by atoms with van der Waals surface area (Å²) in [6, 6.07) is 0. The monoisotopic (exact) mass is 225 g/mol. The summed E-state index contributed by atoms with van der Waals surface area (Å²) in [7, 11) is 0. The van der Waals surface area contributed by atoms with Crippen LogP contribution in [0.4, 0.5) is 0 Å². The van der Waals surface area contributed by atoms with Crippen LogP contribution >= 0.6 is 0 Å². The van der Waals surface area contributed by atoms with E-state index in [2.05, 4.69) is 31.2 Å². The predicted molar refractivity (Wildman–Crippen MR) is 65.6 cm³/mol. The third-order valence-corrected chi connectivity index (χ3v) is 2.73. The van der Waals surface area contributed by atoms with Gasteiger partial charge in [-0.25, -0.2) is 0 Å². The highest BCUT2D eigenvalue weighted by atomic mass is 16.5. The molecule has 0 saturated carbocycles. The van der Waals surface area contributed by atoms with Gasteiger partial charge >= 0.3 is 0 Å². The molecule has 0 atom stereocenters. The first kappa shape index (κ1) is 13.2. The minimum Gasteiger partial charge on any atom is -0.380 e. The zero-order chi connectivity index (χ0) is 12.0. The van der Waals surface area contributed by atoms with Crippen LogP contribution in [0, 0.1) is 13.8 Å². The fourth-order valence-electron chi connectivity index (χ4n) is 1.75. The molecule has 0 amide bonds. The molecule has 16 heavy (non-hydrogen) atoms. The third-order valence-electron chi connectivity index (χ3n) is 2.73. The summed E-state index contributed by atoms with van der Waals surface area (Å²) in [5.41, 5.74) is 3.69. The van der Waals surface area contributed by atoms with Gasteiger partial charge in [0.2, 0.25) is 0 Å². The Morgan fingerprint density at radius 3 is 2.69 bits per heavy atom. The van der Waals surface area contributed by atoms with Gasteiger partial charge in [0.15, 0.2) is 0 Å². The van der Waals surface area contributed by atoms with Gasteiger partial charge in [0.1, 0.15) is 0 Å². The zero-order valence-electron chi connectivity index (χ0n) is 10.8. The van der Waals surface area contributed by atoms with Crippen molar-refractivity contribution in [2.45, 2.75) is 40.8 Å². The lowest BCUT2D eigenvalue weighted by Crippen LogP contribution is -2.13. The third kappa shape index (κ3) is 3.32. The molecule has 0 saturated heterocycles. The molecule has 0 radical (unpaired) electrons. The van der Waals surface area contributed by atoms with Crippen molar-refractivity contribution in [3.63, 3.8) is 0 Å². The number of hydrogen-bond donors (Lipinski definition) is 1. The van der Waals surface area contributed by atoms with Crippen LogP contribution in [0.3, 0.4) is 0 Å². The Labute approximate surface area is 98.0 Å². The summed E-state index contributed by atoms with van der Waals surface area (Å²) in [6.45, 7) is 12.6. The molecule has 1 aromatic rings. The normalized spacial score (nSPS) is 11.0. The first-order valence-corrected chi connectivity index (χ1v) is 6.02. The molecule has 4 heteroatoms. The van der Waals surface area contributed by atoms with Crippen LogP contribution in [0.5, 0.6) is 0 Å². The van der Waals surface area contributed by atoms with Crippen LogP contribution in [0.2, 0.25) is 0 Å². The molecule has 4 nitrogen and oxygen atoms in total. The Kier molecular flexibility index (Phi) is 5.49. The molecule has 0 fully saturated rings. The van der Waals surface area contributed by atoms with E-state index in [-0.39, 0.29) is 0 Å². The summed E-state index contributed by atoms with van der Waals surface area (Å²) in [5.74, 6) is 0. The highest BCUT2D eigenvalue weighted by Crippen LogP contribution is 2.12. The number of hydrogen-bond acceptors (Lipinski definition) is 3. The van der Waals surface area contributed by atoms with Gasteiger partial charge in [0, 0.05) is 24.4 Å². The van der Waals surface area contributed by atoms with E-state index in [0.717, 1.165) is 38.5 Å². The summed E-state index contributed by atoms with van der Waals surface area (Å²) in [4.78, 5) is 0. The van der Waals surface area contributed by atoms with Crippen molar-refractivity contribution in [1.82, 2.24) is 15.1 Å². The minimum atomic E-state index is 0.735. The lowest BCUT2D eigenvalue weighted by Gasteiger charge is -2.05. The number of ether oxygens (including phenoxy) is 1. The van der Waals surface area contributed by atoms with Crippen molar-refractivity contribution < 1.29 is 4.74 Å². The quantitative estimate of drug-likeness (QED) is 0.717. The minimum absolute atomic E-state index is 0.735. The molecule has 0 bridgehead atoms. The van der Waals surface area contributed by atoms with Crippen LogP contribution in [0.1, 0.15) is 30.8 Å². The van der Waals surface area contributed by atoms with Crippen molar-refractivity contribution >= 4 is 0 Å². The molecule has 0 aliphatic rings. The topological polar surface area (TPSA) is 39.1 Å². The molecular formula is C12H23N3O. The molecule has 0 aliphatic carbocycles. The summed E-state index contributed by atoms with van der Waals surface area (Å²) < 4.78 is 7.39. The first-order chi connectivity index (χ1) is 7.70. The molecule has 0 spiro atoms. The Bertz CT molecular complexity index is 320. The van der Waals surface area contributed by atoms with Gasteiger partial charge in [-0.2, -0.15) is 5.10 Å². The lowest BCUT2D eigenvalue weighted by atomic mass is 10.2. The van der Waals surface area contributed by atoms with Gasteiger partial charge in [-0.15, -0.1) is 0 Å². The zero-order valence-corrected chi connectivity index (χ0v) is 10.8. The van der Waals surface area contributed by atoms with Gasteiger partial charge in [-0.3, -0.25) is 4.68 Å².